The van der Waals surface area contributed by atoms with Gasteiger partial charge >= 0.3 is 0 Å². The third-order valence-corrected chi connectivity index (χ3v) is 2.71. The molecule has 6 heteroatoms. The molecule has 0 atom stereocenters. The second-order valence-corrected chi connectivity index (χ2v) is 4.89. The zero-order chi connectivity index (χ0) is 14.5. The van der Waals surface area contributed by atoms with Gasteiger partial charge in [0.15, 0.2) is 0 Å². The fourth-order valence-electron chi connectivity index (χ4n) is 1.61. The van der Waals surface area contributed by atoms with E-state index in [0.717, 1.165) is 0 Å². The Morgan fingerprint density at radius 3 is 1.90 bits per heavy atom. The van der Waals surface area contributed by atoms with Crippen molar-refractivity contribution in [3.8, 4) is 0 Å². The van der Waals surface area contributed by atoms with Gasteiger partial charge in [-0.3, -0.25) is 0 Å². The van der Waals surface area contributed by atoms with Crippen molar-refractivity contribution < 1.29 is 0 Å². The molecule has 1 aromatic heterocycles. The third kappa shape index (κ3) is 3.57. The van der Waals surface area contributed by atoms with Gasteiger partial charge in [0.1, 0.15) is 0 Å². The molecule has 1 N–H and O–H groups in total. The number of anilines is 3. The van der Waals surface area contributed by atoms with Crippen LogP contribution in [0, 0.1) is 0 Å². The molecule has 0 spiro atoms. The summed E-state index contributed by atoms with van der Waals surface area (Å²) in [5.41, 5.74) is 1.19. The van der Waals surface area contributed by atoms with Crippen LogP contribution < -0.4 is 15.1 Å². The van der Waals surface area contributed by atoms with Crippen molar-refractivity contribution in [2.24, 2.45) is 0 Å². The lowest BCUT2D eigenvalue weighted by molar-refractivity contribution is 0.907. The minimum atomic E-state index is 0.580. The number of hydrogen-bond acceptors (Lipinski definition) is 6. The maximum Gasteiger partial charge on any atom is 0.231 e. The van der Waals surface area contributed by atoms with E-state index in [0.29, 0.717) is 24.4 Å². The van der Waals surface area contributed by atoms with E-state index in [4.69, 9.17) is 0 Å². The van der Waals surface area contributed by atoms with Gasteiger partial charge in [0.25, 0.3) is 0 Å². The van der Waals surface area contributed by atoms with Crippen molar-refractivity contribution in [3.63, 3.8) is 0 Å². The predicted octanol–water partition coefficient (Wildman–Crippen LogP) is 1.62. The molecule has 0 bridgehead atoms. The van der Waals surface area contributed by atoms with Crippen LogP contribution in [0.2, 0.25) is 0 Å². The minimum absolute atomic E-state index is 0.580. The van der Waals surface area contributed by atoms with Gasteiger partial charge in [0, 0.05) is 34.7 Å². The van der Waals surface area contributed by atoms with E-state index in [1.807, 2.05) is 56.2 Å². The van der Waals surface area contributed by atoms with E-state index in [9.17, 15) is 0 Å². The Morgan fingerprint density at radius 2 is 1.40 bits per heavy atom. The van der Waals surface area contributed by atoms with E-state index in [-0.39, 0.29) is 0 Å². The molecule has 1 heterocycles. The van der Waals surface area contributed by atoms with Crippen molar-refractivity contribution in [3.05, 3.63) is 35.9 Å². The molecule has 0 amide bonds. The summed E-state index contributed by atoms with van der Waals surface area (Å²) in [6.07, 6.45) is 0. The van der Waals surface area contributed by atoms with Crippen LogP contribution in [0.15, 0.2) is 30.3 Å². The van der Waals surface area contributed by atoms with Crippen molar-refractivity contribution in [1.29, 1.82) is 0 Å². The monoisotopic (exact) mass is 272 g/mol. The van der Waals surface area contributed by atoms with E-state index in [1.165, 1.54) is 5.56 Å². The van der Waals surface area contributed by atoms with Crippen LogP contribution in [-0.2, 0) is 6.54 Å². The SMILES string of the molecule is CN(C)c1nc(NCc2ccccc2)nc(N(C)C)n1. The largest absolute Gasteiger partial charge is 0.350 e. The number of hydrogen-bond donors (Lipinski definition) is 1. The van der Waals surface area contributed by atoms with Crippen LogP contribution in [0.4, 0.5) is 17.8 Å². The van der Waals surface area contributed by atoms with Gasteiger partial charge in [-0.25, -0.2) is 0 Å². The van der Waals surface area contributed by atoms with Crippen LogP contribution in [-0.4, -0.2) is 43.1 Å². The Bertz CT molecular complexity index is 527. The van der Waals surface area contributed by atoms with Gasteiger partial charge in [0.05, 0.1) is 0 Å². The topological polar surface area (TPSA) is 57.2 Å². The molecule has 20 heavy (non-hydrogen) atoms. The molecule has 0 aliphatic carbocycles. The second-order valence-electron chi connectivity index (χ2n) is 4.89. The Kier molecular flexibility index (Phi) is 4.34. The Morgan fingerprint density at radius 1 is 0.850 bits per heavy atom. The summed E-state index contributed by atoms with van der Waals surface area (Å²) in [6.45, 7) is 0.685. The number of aromatic nitrogens is 3. The highest BCUT2D eigenvalue weighted by atomic mass is 15.3. The van der Waals surface area contributed by atoms with Gasteiger partial charge in [0.2, 0.25) is 17.8 Å². The van der Waals surface area contributed by atoms with Gasteiger partial charge < -0.3 is 15.1 Å². The van der Waals surface area contributed by atoms with Crippen molar-refractivity contribution in [1.82, 2.24) is 15.0 Å². The van der Waals surface area contributed by atoms with Crippen LogP contribution in [0.5, 0.6) is 0 Å². The Balaban J connectivity index is 2.18. The van der Waals surface area contributed by atoms with Gasteiger partial charge in [-0.15, -0.1) is 0 Å². The van der Waals surface area contributed by atoms with E-state index < -0.39 is 0 Å². The number of rotatable bonds is 5. The molecular formula is C14H20N6. The quantitative estimate of drug-likeness (QED) is 0.892. The molecule has 0 saturated heterocycles. The standard InChI is InChI=1S/C14H20N6/c1-19(2)13-16-12(17-14(18-13)20(3)4)15-10-11-8-6-5-7-9-11/h5-9H,10H2,1-4H3,(H,15,16,17,18). The average Bonchev–Trinajstić information content (AvgIpc) is 2.45. The lowest BCUT2D eigenvalue weighted by Crippen LogP contribution is -2.20. The number of benzene rings is 1. The average molecular weight is 272 g/mol. The van der Waals surface area contributed by atoms with Crippen molar-refractivity contribution in [2.45, 2.75) is 6.54 Å². The zero-order valence-corrected chi connectivity index (χ0v) is 12.3. The predicted molar refractivity (Wildman–Crippen MR) is 82.2 cm³/mol. The molecular weight excluding hydrogens is 252 g/mol. The highest BCUT2D eigenvalue weighted by Crippen LogP contribution is 2.14. The summed E-state index contributed by atoms with van der Waals surface area (Å²) < 4.78 is 0. The molecule has 0 unspecified atom stereocenters. The lowest BCUT2D eigenvalue weighted by Gasteiger charge is -2.16. The Labute approximate surface area is 119 Å². The lowest BCUT2D eigenvalue weighted by atomic mass is 10.2. The van der Waals surface area contributed by atoms with Crippen LogP contribution >= 0.6 is 0 Å². The smallest absolute Gasteiger partial charge is 0.231 e. The summed E-state index contributed by atoms with van der Waals surface area (Å²) in [5, 5.41) is 3.24. The molecule has 0 radical (unpaired) electrons. The molecule has 0 aliphatic heterocycles. The van der Waals surface area contributed by atoms with Crippen molar-refractivity contribution >= 4 is 17.8 Å². The van der Waals surface area contributed by atoms with Crippen LogP contribution in [0.1, 0.15) is 5.56 Å². The summed E-state index contributed by atoms with van der Waals surface area (Å²) in [6, 6.07) is 10.2. The maximum atomic E-state index is 4.40. The van der Waals surface area contributed by atoms with E-state index in [2.05, 4.69) is 32.4 Å². The number of nitrogens with zero attached hydrogens (tertiary/aromatic N) is 5. The summed E-state index contributed by atoms with van der Waals surface area (Å²) in [7, 11) is 7.65. The zero-order valence-electron chi connectivity index (χ0n) is 12.3. The molecule has 1 aromatic carbocycles. The van der Waals surface area contributed by atoms with Crippen LogP contribution in [0.25, 0.3) is 0 Å². The van der Waals surface area contributed by atoms with Gasteiger partial charge in [-0.05, 0) is 5.56 Å². The minimum Gasteiger partial charge on any atom is -0.350 e. The summed E-state index contributed by atoms with van der Waals surface area (Å²) in [4.78, 5) is 16.9. The first-order valence-electron chi connectivity index (χ1n) is 6.45. The molecule has 6 nitrogen and oxygen atoms in total. The fourth-order valence-corrected chi connectivity index (χ4v) is 1.61. The first-order chi connectivity index (χ1) is 9.56. The van der Waals surface area contributed by atoms with Crippen molar-refractivity contribution in [2.75, 3.05) is 43.3 Å². The highest BCUT2D eigenvalue weighted by Gasteiger charge is 2.09. The molecule has 2 rings (SSSR count). The summed E-state index contributed by atoms with van der Waals surface area (Å²) in [5.74, 6) is 1.86. The molecule has 0 saturated carbocycles. The third-order valence-electron chi connectivity index (χ3n) is 2.71. The summed E-state index contributed by atoms with van der Waals surface area (Å²) >= 11 is 0. The first-order valence-corrected chi connectivity index (χ1v) is 6.45. The number of nitrogens with one attached hydrogen (secondary N) is 1. The fraction of sp³-hybridized carbons (Fsp3) is 0.357. The molecule has 0 aliphatic rings. The molecule has 2 aromatic rings. The van der Waals surface area contributed by atoms with Gasteiger partial charge in [-0.2, -0.15) is 15.0 Å². The molecule has 0 fully saturated rings. The van der Waals surface area contributed by atoms with E-state index in [1.54, 1.807) is 0 Å². The maximum absolute atomic E-state index is 4.40. The highest BCUT2D eigenvalue weighted by molar-refractivity contribution is 5.44. The van der Waals surface area contributed by atoms with Gasteiger partial charge in [-0.1, -0.05) is 30.3 Å². The normalized spacial score (nSPS) is 10.2. The van der Waals surface area contributed by atoms with E-state index >= 15 is 0 Å². The first kappa shape index (κ1) is 14.0. The second kappa shape index (κ2) is 6.18. The molecule has 106 valence electrons. The Hall–Kier alpha value is -2.37. The van der Waals surface area contributed by atoms with Crippen LogP contribution in [0.3, 0.4) is 0 Å².